The van der Waals surface area contributed by atoms with Crippen molar-refractivity contribution in [2.24, 2.45) is 0 Å². The molecule has 0 saturated heterocycles. The van der Waals surface area contributed by atoms with Crippen LogP contribution in [0.2, 0.25) is 0 Å². The van der Waals surface area contributed by atoms with Gasteiger partial charge in [0, 0.05) is 19.6 Å². The molecule has 0 aromatic heterocycles. The van der Waals surface area contributed by atoms with E-state index < -0.39 is 6.10 Å². The van der Waals surface area contributed by atoms with Gasteiger partial charge >= 0.3 is 0 Å². The van der Waals surface area contributed by atoms with Crippen LogP contribution in [0.3, 0.4) is 0 Å². The molecule has 0 aliphatic carbocycles. The topological polar surface area (TPSA) is 63.9 Å². The molecule has 0 saturated carbocycles. The minimum absolute atomic E-state index is 0.0268. The average molecular weight is 267 g/mol. The Bertz CT molecular complexity index is 345. The first-order valence-corrected chi connectivity index (χ1v) is 6.80. The van der Waals surface area contributed by atoms with Gasteiger partial charge in [-0.25, -0.2) is 0 Å². The first kappa shape index (κ1) is 16.1. The molecule has 3 N–H and O–H groups in total. The number of aliphatic hydroxyl groups excluding tert-OH is 3. The lowest BCUT2D eigenvalue weighted by atomic mass is 10.00. The maximum Gasteiger partial charge on any atom is 0.0916 e. The Morgan fingerprint density at radius 3 is 1.84 bits per heavy atom. The van der Waals surface area contributed by atoms with Crippen LogP contribution in [0.15, 0.2) is 24.3 Å². The molecular weight excluding hydrogens is 242 g/mol. The number of benzene rings is 1. The first-order valence-electron chi connectivity index (χ1n) is 6.80. The lowest BCUT2D eigenvalue weighted by molar-refractivity contribution is 0.0874. The first-order chi connectivity index (χ1) is 9.08. The molecule has 0 fully saturated rings. The summed E-state index contributed by atoms with van der Waals surface area (Å²) in [6, 6.07) is 7.95. The maximum atomic E-state index is 10.2. The second-order valence-corrected chi connectivity index (χ2v) is 5.08. The van der Waals surface area contributed by atoms with Crippen LogP contribution >= 0.6 is 0 Å². The second kappa shape index (κ2) is 8.27. The average Bonchev–Trinajstić information content (AvgIpc) is 2.39. The van der Waals surface area contributed by atoms with E-state index in [1.165, 1.54) is 5.56 Å². The number of hydrogen-bond donors (Lipinski definition) is 3. The van der Waals surface area contributed by atoms with E-state index in [4.69, 9.17) is 10.2 Å². The van der Waals surface area contributed by atoms with E-state index in [0.717, 1.165) is 5.56 Å². The Labute approximate surface area is 115 Å². The molecule has 1 aromatic carbocycles. The molecule has 19 heavy (non-hydrogen) atoms. The predicted octanol–water partition coefficient (Wildman–Crippen LogP) is 1.13. The minimum Gasteiger partial charge on any atom is -0.395 e. The largest absolute Gasteiger partial charge is 0.395 e. The van der Waals surface area contributed by atoms with Gasteiger partial charge < -0.3 is 15.3 Å². The van der Waals surface area contributed by atoms with E-state index >= 15 is 0 Å². The Hall–Kier alpha value is -0.940. The van der Waals surface area contributed by atoms with Crippen molar-refractivity contribution in [1.82, 2.24) is 4.90 Å². The summed E-state index contributed by atoms with van der Waals surface area (Å²) in [5.74, 6) is 0.478. The van der Waals surface area contributed by atoms with Crippen LogP contribution in [-0.4, -0.2) is 53.1 Å². The fourth-order valence-corrected chi connectivity index (χ4v) is 2.03. The number of aliphatic hydroxyl groups is 3. The van der Waals surface area contributed by atoms with Crippen LogP contribution in [0.1, 0.15) is 37.0 Å². The van der Waals surface area contributed by atoms with Gasteiger partial charge in [-0.1, -0.05) is 38.1 Å². The molecular formula is C15H25NO3. The van der Waals surface area contributed by atoms with Gasteiger partial charge in [0.2, 0.25) is 0 Å². The van der Waals surface area contributed by atoms with Crippen LogP contribution in [0.5, 0.6) is 0 Å². The van der Waals surface area contributed by atoms with Crippen molar-refractivity contribution in [1.29, 1.82) is 0 Å². The molecule has 1 aromatic rings. The van der Waals surface area contributed by atoms with Gasteiger partial charge in [0.15, 0.2) is 0 Å². The third-order valence-electron chi connectivity index (χ3n) is 3.25. The van der Waals surface area contributed by atoms with Crippen LogP contribution in [0.4, 0.5) is 0 Å². The highest BCUT2D eigenvalue weighted by atomic mass is 16.3. The fraction of sp³-hybridized carbons (Fsp3) is 0.600. The van der Waals surface area contributed by atoms with Crippen molar-refractivity contribution in [3.05, 3.63) is 35.4 Å². The normalized spacial score (nSPS) is 13.2. The monoisotopic (exact) mass is 267 g/mol. The van der Waals surface area contributed by atoms with Gasteiger partial charge in [-0.05, 0) is 17.0 Å². The highest BCUT2D eigenvalue weighted by Crippen LogP contribution is 2.19. The summed E-state index contributed by atoms with van der Waals surface area (Å²) < 4.78 is 0. The van der Waals surface area contributed by atoms with E-state index in [-0.39, 0.29) is 13.2 Å². The minimum atomic E-state index is -0.598. The molecule has 0 aliphatic heterocycles. The summed E-state index contributed by atoms with van der Waals surface area (Å²) in [5.41, 5.74) is 2.11. The molecule has 0 heterocycles. The molecule has 0 amide bonds. The number of nitrogens with zero attached hydrogens (tertiary/aromatic N) is 1. The van der Waals surface area contributed by atoms with E-state index in [0.29, 0.717) is 25.6 Å². The van der Waals surface area contributed by atoms with Crippen molar-refractivity contribution in [3.8, 4) is 0 Å². The Morgan fingerprint density at radius 2 is 1.42 bits per heavy atom. The maximum absolute atomic E-state index is 10.2. The van der Waals surface area contributed by atoms with E-state index in [9.17, 15) is 5.11 Å². The summed E-state index contributed by atoms with van der Waals surface area (Å²) in [5, 5.41) is 28.0. The van der Waals surface area contributed by atoms with Crippen molar-refractivity contribution in [3.63, 3.8) is 0 Å². The van der Waals surface area contributed by atoms with Gasteiger partial charge in [0.05, 0.1) is 19.3 Å². The van der Waals surface area contributed by atoms with Crippen molar-refractivity contribution in [2.75, 3.05) is 32.8 Å². The van der Waals surface area contributed by atoms with E-state index in [1.807, 2.05) is 29.2 Å². The predicted molar refractivity (Wildman–Crippen MR) is 76.1 cm³/mol. The molecule has 4 nitrogen and oxygen atoms in total. The third-order valence-corrected chi connectivity index (χ3v) is 3.25. The number of rotatable bonds is 8. The second-order valence-electron chi connectivity index (χ2n) is 5.08. The molecule has 0 bridgehead atoms. The van der Waals surface area contributed by atoms with Gasteiger partial charge in [0.1, 0.15) is 0 Å². The standard InChI is InChI=1S/C15H25NO3/c1-12(2)13-3-5-14(6-4-13)15(19)11-16(7-9-17)8-10-18/h3-6,12,15,17-19H,7-11H2,1-2H3. The number of hydrogen-bond acceptors (Lipinski definition) is 4. The molecule has 0 spiro atoms. The fourth-order valence-electron chi connectivity index (χ4n) is 2.03. The molecule has 1 unspecified atom stereocenters. The lowest BCUT2D eigenvalue weighted by Crippen LogP contribution is -2.33. The molecule has 0 aliphatic rings. The van der Waals surface area contributed by atoms with Crippen LogP contribution in [-0.2, 0) is 0 Å². The zero-order valence-electron chi connectivity index (χ0n) is 11.8. The van der Waals surface area contributed by atoms with Gasteiger partial charge in [0.25, 0.3) is 0 Å². The molecule has 1 rings (SSSR count). The molecule has 0 radical (unpaired) electrons. The summed E-state index contributed by atoms with van der Waals surface area (Å²) in [4.78, 5) is 1.85. The van der Waals surface area contributed by atoms with Crippen molar-refractivity contribution in [2.45, 2.75) is 25.9 Å². The Kier molecular flexibility index (Phi) is 7.02. The van der Waals surface area contributed by atoms with E-state index in [1.54, 1.807) is 0 Å². The molecule has 4 heteroatoms. The third kappa shape index (κ3) is 5.28. The Morgan fingerprint density at radius 1 is 0.947 bits per heavy atom. The van der Waals surface area contributed by atoms with Crippen LogP contribution < -0.4 is 0 Å². The highest BCUT2D eigenvalue weighted by Gasteiger charge is 2.13. The zero-order chi connectivity index (χ0) is 14.3. The SMILES string of the molecule is CC(C)c1ccc(C(O)CN(CCO)CCO)cc1. The van der Waals surface area contributed by atoms with Crippen LogP contribution in [0.25, 0.3) is 0 Å². The van der Waals surface area contributed by atoms with Gasteiger partial charge in [-0.15, -0.1) is 0 Å². The smallest absolute Gasteiger partial charge is 0.0916 e. The molecule has 108 valence electrons. The van der Waals surface area contributed by atoms with Crippen molar-refractivity contribution >= 4 is 0 Å². The highest BCUT2D eigenvalue weighted by molar-refractivity contribution is 5.26. The van der Waals surface area contributed by atoms with Crippen LogP contribution in [0, 0.1) is 0 Å². The summed E-state index contributed by atoms with van der Waals surface area (Å²) >= 11 is 0. The van der Waals surface area contributed by atoms with Gasteiger partial charge in [-0.3, -0.25) is 4.90 Å². The lowest BCUT2D eigenvalue weighted by Gasteiger charge is -2.23. The quantitative estimate of drug-likeness (QED) is 0.661. The van der Waals surface area contributed by atoms with Gasteiger partial charge in [-0.2, -0.15) is 0 Å². The molecule has 1 atom stereocenters. The summed E-state index contributed by atoms with van der Waals surface area (Å²) in [6.07, 6.45) is -0.598. The summed E-state index contributed by atoms with van der Waals surface area (Å²) in [7, 11) is 0. The van der Waals surface area contributed by atoms with Crippen molar-refractivity contribution < 1.29 is 15.3 Å². The summed E-state index contributed by atoms with van der Waals surface area (Å²) in [6.45, 7) is 5.66. The Balaban J connectivity index is 2.62. The van der Waals surface area contributed by atoms with E-state index in [2.05, 4.69) is 13.8 Å². The zero-order valence-corrected chi connectivity index (χ0v) is 11.8.